The van der Waals surface area contributed by atoms with Crippen LogP contribution in [0.3, 0.4) is 0 Å². The fourth-order valence-electron chi connectivity index (χ4n) is 2.50. The van der Waals surface area contributed by atoms with E-state index in [0.29, 0.717) is 12.2 Å². The number of amides is 1. The molecule has 0 spiro atoms. The molecule has 24 heavy (non-hydrogen) atoms. The van der Waals surface area contributed by atoms with Crippen LogP contribution in [-0.2, 0) is 31.1 Å². The Labute approximate surface area is 136 Å². The molecule has 0 aromatic carbocycles. The SMILES string of the molecule is Cn1ccc(CNC(=O)CCn2nc(C(F)(F)F)cc2C2CC2)n1. The number of alkyl halides is 3. The summed E-state index contributed by atoms with van der Waals surface area (Å²) in [5, 5.41) is 10.5. The maximum Gasteiger partial charge on any atom is 0.435 e. The number of rotatable bonds is 6. The molecule has 130 valence electrons. The van der Waals surface area contributed by atoms with Gasteiger partial charge in [0.2, 0.25) is 5.91 Å². The molecule has 9 heteroatoms. The predicted octanol–water partition coefficient (Wildman–Crippen LogP) is 2.22. The van der Waals surface area contributed by atoms with Crippen LogP contribution in [0.15, 0.2) is 18.3 Å². The van der Waals surface area contributed by atoms with Gasteiger partial charge >= 0.3 is 6.18 Å². The fraction of sp³-hybridized carbons (Fsp3) is 0.533. The number of carbonyl (C=O) groups excluding carboxylic acids is 1. The van der Waals surface area contributed by atoms with Gasteiger partial charge < -0.3 is 5.32 Å². The van der Waals surface area contributed by atoms with Crippen molar-refractivity contribution in [1.29, 1.82) is 0 Å². The van der Waals surface area contributed by atoms with E-state index in [-0.39, 0.29) is 24.8 Å². The Morgan fingerprint density at radius 3 is 2.71 bits per heavy atom. The zero-order valence-electron chi connectivity index (χ0n) is 13.2. The van der Waals surface area contributed by atoms with Gasteiger partial charge in [0.1, 0.15) is 0 Å². The molecule has 2 aromatic rings. The first kappa shape index (κ1) is 16.5. The lowest BCUT2D eigenvalue weighted by Crippen LogP contribution is -2.24. The molecule has 2 heterocycles. The van der Waals surface area contributed by atoms with Crippen LogP contribution < -0.4 is 5.32 Å². The fourth-order valence-corrected chi connectivity index (χ4v) is 2.50. The van der Waals surface area contributed by atoms with Crippen molar-refractivity contribution in [2.75, 3.05) is 0 Å². The third-order valence-electron chi connectivity index (χ3n) is 3.88. The summed E-state index contributed by atoms with van der Waals surface area (Å²) in [6.45, 7) is 0.429. The average Bonchev–Trinajstić information content (AvgIpc) is 3.11. The lowest BCUT2D eigenvalue weighted by atomic mass is 10.2. The third-order valence-corrected chi connectivity index (χ3v) is 3.88. The van der Waals surface area contributed by atoms with Crippen molar-refractivity contribution in [2.24, 2.45) is 7.05 Å². The van der Waals surface area contributed by atoms with Gasteiger partial charge in [-0.15, -0.1) is 0 Å². The number of aryl methyl sites for hydroxylation is 2. The standard InChI is InChI=1S/C15H18F3N5O/c1-22-6-4-11(20-22)9-19-14(24)5-7-23-12(10-2-3-10)8-13(21-23)15(16,17)18/h4,6,8,10H,2-3,5,7,9H2,1H3,(H,19,24). The zero-order chi connectivity index (χ0) is 17.3. The molecule has 1 aliphatic rings. The number of aromatic nitrogens is 4. The Morgan fingerprint density at radius 2 is 2.12 bits per heavy atom. The maximum absolute atomic E-state index is 12.8. The predicted molar refractivity (Wildman–Crippen MR) is 78.9 cm³/mol. The highest BCUT2D eigenvalue weighted by Crippen LogP contribution is 2.42. The minimum Gasteiger partial charge on any atom is -0.350 e. The smallest absolute Gasteiger partial charge is 0.350 e. The first-order valence-corrected chi connectivity index (χ1v) is 7.73. The molecule has 2 aromatic heterocycles. The van der Waals surface area contributed by atoms with Crippen LogP contribution >= 0.6 is 0 Å². The molecule has 1 amide bonds. The topological polar surface area (TPSA) is 64.7 Å². The second-order valence-corrected chi connectivity index (χ2v) is 5.96. The first-order valence-electron chi connectivity index (χ1n) is 7.73. The molecule has 3 rings (SSSR count). The third kappa shape index (κ3) is 3.95. The Morgan fingerprint density at radius 1 is 1.38 bits per heavy atom. The molecular weight excluding hydrogens is 323 g/mol. The highest BCUT2D eigenvalue weighted by atomic mass is 19.4. The second-order valence-electron chi connectivity index (χ2n) is 5.96. The van der Waals surface area contributed by atoms with Crippen LogP contribution in [-0.4, -0.2) is 25.5 Å². The molecule has 1 fully saturated rings. The molecular formula is C15H18F3N5O. The Bertz CT molecular complexity index is 730. The quantitative estimate of drug-likeness (QED) is 0.876. The second kappa shape index (κ2) is 6.29. The van der Waals surface area contributed by atoms with Gasteiger partial charge in [-0.1, -0.05) is 0 Å². The lowest BCUT2D eigenvalue weighted by molar-refractivity contribution is -0.141. The normalized spacial score (nSPS) is 14.8. The van der Waals surface area contributed by atoms with Gasteiger partial charge in [0.25, 0.3) is 0 Å². The van der Waals surface area contributed by atoms with Gasteiger partial charge in [-0.2, -0.15) is 23.4 Å². The molecule has 0 atom stereocenters. The van der Waals surface area contributed by atoms with Gasteiger partial charge in [-0.3, -0.25) is 14.2 Å². The Balaban J connectivity index is 1.57. The molecule has 0 aliphatic heterocycles. The zero-order valence-corrected chi connectivity index (χ0v) is 13.2. The van der Waals surface area contributed by atoms with E-state index in [1.807, 2.05) is 0 Å². The molecule has 0 radical (unpaired) electrons. The number of hydrogen-bond donors (Lipinski definition) is 1. The van der Waals surface area contributed by atoms with Crippen LogP contribution in [0, 0.1) is 0 Å². The number of nitrogens with one attached hydrogen (secondary N) is 1. The van der Waals surface area contributed by atoms with E-state index in [1.165, 1.54) is 4.68 Å². The first-order chi connectivity index (χ1) is 11.3. The minimum absolute atomic E-state index is 0.0749. The van der Waals surface area contributed by atoms with E-state index >= 15 is 0 Å². The summed E-state index contributed by atoms with van der Waals surface area (Å²) >= 11 is 0. The number of halogens is 3. The average molecular weight is 341 g/mol. The summed E-state index contributed by atoms with van der Waals surface area (Å²) < 4.78 is 41.4. The van der Waals surface area contributed by atoms with Crippen molar-refractivity contribution >= 4 is 5.91 Å². The lowest BCUT2D eigenvalue weighted by Gasteiger charge is -2.07. The summed E-state index contributed by atoms with van der Waals surface area (Å²) in [6.07, 6.45) is -0.878. The molecule has 0 saturated heterocycles. The van der Waals surface area contributed by atoms with Gasteiger partial charge in [-0.25, -0.2) is 0 Å². The Hall–Kier alpha value is -2.32. The minimum atomic E-state index is -4.46. The van der Waals surface area contributed by atoms with Crippen LogP contribution in [0.1, 0.15) is 42.3 Å². The molecule has 0 bridgehead atoms. The summed E-state index contributed by atoms with van der Waals surface area (Å²) in [7, 11) is 1.78. The summed E-state index contributed by atoms with van der Waals surface area (Å²) in [6, 6.07) is 2.89. The van der Waals surface area contributed by atoms with E-state index in [0.717, 1.165) is 24.6 Å². The van der Waals surface area contributed by atoms with Gasteiger partial charge in [-0.05, 0) is 25.0 Å². The maximum atomic E-state index is 12.8. The highest BCUT2D eigenvalue weighted by Gasteiger charge is 2.37. The number of nitrogens with zero attached hydrogens (tertiary/aromatic N) is 4. The van der Waals surface area contributed by atoms with Crippen LogP contribution in [0.5, 0.6) is 0 Å². The van der Waals surface area contributed by atoms with Crippen molar-refractivity contribution in [3.63, 3.8) is 0 Å². The Kier molecular flexibility index (Phi) is 4.33. The van der Waals surface area contributed by atoms with Crippen molar-refractivity contribution in [2.45, 2.75) is 44.4 Å². The monoisotopic (exact) mass is 341 g/mol. The van der Waals surface area contributed by atoms with Crippen LogP contribution in [0.4, 0.5) is 13.2 Å². The molecule has 1 N–H and O–H groups in total. The summed E-state index contributed by atoms with van der Waals surface area (Å²) in [4.78, 5) is 11.9. The summed E-state index contributed by atoms with van der Waals surface area (Å²) in [5.74, 6) is -0.114. The van der Waals surface area contributed by atoms with E-state index in [2.05, 4.69) is 15.5 Å². The van der Waals surface area contributed by atoms with Gasteiger partial charge in [0.05, 0.1) is 12.2 Å². The van der Waals surface area contributed by atoms with E-state index in [1.54, 1.807) is 24.0 Å². The highest BCUT2D eigenvalue weighted by molar-refractivity contribution is 5.75. The van der Waals surface area contributed by atoms with Crippen molar-refractivity contribution in [1.82, 2.24) is 24.9 Å². The molecule has 6 nitrogen and oxygen atoms in total. The van der Waals surface area contributed by atoms with E-state index in [4.69, 9.17) is 0 Å². The van der Waals surface area contributed by atoms with Crippen molar-refractivity contribution in [3.05, 3.63) is 35.4 Å². The van der Waals surface area contributed by atoms with Crippen molar-refractivity contribution in [3.8, 4) is 0 Å². The van der Waals surface area contributed by atoms with Crippen LogP contribution in [0.2, 0.25) is 0 Å². The van der Waals surface area contributed by atoms with E-state index < -0.39 is 11.9 Å². The van der Waals surface area contributed by atoms with Gasteiger partial charge in [0.15, 0.2) is 5.69 Å². The molecule has 1 saturated carbocycles. The summed E-state index contributed by atoms with van der Waals surface area (Å²) in [5.41, 5.74) is 0.404. The molecule has 1 aliphatic carbocycles. The number of carbonyl (C=O) groups is 1. The van der Waals surface area contributed by atoms with Crippen LogP contribution in [0.25, 0.3) is 0 Å². The number of hydrogen-bond acceptors (Lipinski definition) is 3. The van der Waals surface area contributed by atoms with Gasteiger partial charge in [0, 0.05) is 37.8 Å². The molecule has 0 unspecified atom stereocenters. The largest absolute Gasteiger partial charge is 0.435 e. The van der Waals surface area contributed by atoms with Crippen molar-refractivity contribution < 1.29 is 18.0 Å². The van der Waals surface area contributed by atoms with E-state index in [9.17, 15) is 18.0 Å².